The van der Waals surface area contributed by atoms with Gasteiger partial charge in [-0.05, 0) is 17.5 Å². The van der Waals surface area contributed by atoms with E-state index in [1.54, 1.807) is 24.5 Å². The standard InChI is InChI=1S/C20H25ClN6O4/c1-19(2,3)20(12-27(18(29)30)8-9-31-20)11-23-14-10-15(21)25-26-16(14)17(28)24-13-4-6-22-7-5-13/h4-7,10H,8-9,11-12H2,1-3H3,(H,23,25)(H,29,30)(H,22,24,28). The van der Waals surface area contributed by atoms with Crippen LogP contribution in [0.4, 0.5) is 16.2 Å². The third kappa shape index (κ3) is 5.20. The summed E-state index contributed by atoms with van der Waals surface area (Å²) in [5.74, 6) is -0.473. The van der Waals surface area contributed by atoms with Gasteiger partial charge in [-0.3, -0.25) is 9.78 Å². The fraction of sp³-hybridized carbons (Fsp3) is 0.450. The zero-order chi connectivity index (χ0) is 22.6. The molecule has 1 saturated heterocycles. The number of morpholine rings is 1. The first-order valence-corrected chi connectivity index (χ1v) is 10.1. The second-order valence-corrected chi connectivity index (χ2v) is 8.66. The fourth-order valence-electron chi connectivity index (χ4n) is 3.31. The minimum Gasteiger partial charge on any atom is -0.465 e. The van der Waals surface area contributed by atoms with Crippen molar-refractivity contribution in [2.24, 2.45) is 5.41 Å². The summed E-state index contributed by atoms with van der Waals surface area (Å²) in [6, 6.07) is 4.81. The predicted molar refractivity (Wildman–Crippen MR) is 115 cm³/mol. The molecular weight excluding hydrogens is 424 g/mol. The van der Waals surface area contributed by atoms with Gasteiger partial charge in [0.2, 0.25) is 0 Å². The molecule has 0 bridgehead atoms. The van der Waals surface area contributed by atoms with E-state index in [0.717, 1.165) is 0 Å². The first-order chi connectivity index (χ1) is 14.6. The van der Waals surface area contributed by atoms with Crippen LogP contribution in [0.15, 0.2) is 30.6 Å². The summed E-state index contributed by atoms with van der Waals surface area (Å²) in [4.78, 5) is 29.6. The lowest BCUT2D eigenvalue weighted by Gasteiger charge is -2.49. The van der Waals surface area contributed by atoms with E-state index >= 15 is 0 Å². The number of aromatic nitrogens is 3. The van der Waals surface area contributed by atoms with Gasteiger partial charge in [-0.1, -0.05) is 32.4 Å². The van der Waals surface area contributed by atoms with Crippen molar-refractivity contribution in [2.75, 3.05) is 36.9 Å². The maximum atomic E-state index is 12.8. The zero-order valence-electron chi connectivity index (χ0n) is 17.6. The van der Waals surface area contributed by atoms with Crippen molar-refractivity contribution < 1.29 is 19.4 Å². The molecule has 10 nitrogen and oxygen atoms in total. The highest BCUT2D eigenvalue weighted by atomic mass is 35.5. The van der Waals surface area contributed by atoms with Gasteiger partial charge >= 0.3 is 6.09 Å². The average molecular weight is 449 g/mol. The molecule has 3 N–H and O–H groups in total. The van der Waals surface area contributed by atoms with Crippen LogP contribution in [-0.2, 0) is 4.74 Å². The summed E-state index contributed by atoms with van der Waals surface area (Å²) in [6.07, 6.45) is 2.12. The monoisotopic (exact) mass is 448 g/mol. The number of carbonyl (C=O) groups excluding carboxylic acids is 1. The van der Waals surface area contributed by atoms with Gasteiger partial charge in [-0.25, -0.2) is 4.79 Å². The number of ether oxygens (including phenoxy) is 1. The van der Waals surface area contributed by atoms with Gasteiger partial charge in [0.1, 0.15) is 5.60 Å². The molecule has 0 saturated carbocycles. The molecule has 1 atom stereocenters. The van der Waals surface area contributed by atoms with Gasteiger partial charge in [0.15, 0.2) is 10.8 Å². The van der Waals surface area contributed by atoms with Gasteiger partial charge in [0, 0.05) is 37.2 Å². The summed E-state index contributed by atoms with van der Waals surface area (Å²) >= 11 is 6.02. The molecule has 11 heteroatoms. The number of amides is 2. The molecule has 3 rings (SSSR count). The third-order valence-corrected chi connectivity index (χ3v) is 5.49. The average Bonchev–Trinajstić information content (AvgIpc) is 2.72. The lowest BCUT2D eigenvalue weighted by molar-refractivity contribution is -0.150. The van der Waals surface area contributed by atoms with Crippen LogP contribution in [0.5, 0.6) is 0 Å². The normalized spacial score (nSPS) is 19.0. The fourth-order valence-corrected chi connectivity index (χ4v) is 3.45. The Hall–Kier alpha value is -2.98. The van der Waals surface area contributed by atoms with Crippen molar-refractivity contribution in [1.29, 1.82) is 0 Å². The molecule has 2 aromatic rings. The van der Waals surface area contributed by atoms with E-state index in [1.807, 2.05) is 20.8 Å². The van der Waals surface area contributed by atoms with Crippen LogP contribution in [0.25, 0.3) is 0 Å². The number of carbonyl (C=O) groups is 2. The molecule has 0 spiro atoms. The van der Waals surface area contributed by atoms with Crippen LogP contribution in [0.2, 0.25) is 5.15 Å². The number of nitrogens with one attached hydrogen (secondary N) is 2. The molecule has 1 aliphatic rings. The Balaban J connectivity index is 1.84. The Kier molecular flexibility index (Phi) is 6.61. The highest BCUT2D eigenvalue weighted by Gasteiger charge is 2.47. The van der Waals surface area contributed by atoms with Crippen molar-refractivity contribution in [3.8, 4) is 0 Å². The summed E-state index contributed by atoms with van der Waals surface area (Å²) in [5.41, 5.74) is -0.264. The van der Waals surface area contributed by atoms with E-state index in [0.29, 0.717) is 17.9 Å². The van der Waals surface area contributed by atoms with E-state index < -0.39 is 23.0 Å². The number of hydrogen-bond donors (Lipinski definition) is 3. The van der Waals surface area contributed by atoms with Gasteiger partial charge in [-0.2, -0.15) is 0 Å². The van der Waals surface area contributed by atoms with Crippen LogP contribution in [0.1, 0.15) is 31.3 Å². The van der Waals surface area contributed by atoms with Crippen molar-refractivity contribution in [1.82, 2.24) is 20.1 Å². The maximum Gasteiger partial charge on any atom is 0.407 e. The molecule has 3 heterocycles. The number of halogens is 1. The van der Waals surface area contributed by atoms with Crippen LogP contribution < -0.4 is 10.6 Å². The molecule has 1 fully saturated rings. The molecule has 166 valence electrons. The van der Waals surface area contributed by atoms with E-state index in [4.69, 9.17) is 16.3 Å². The van der Waals surface area contributed by atoms with E-state index in [2.05, 4.69) is 25.8 Å². The third-order valence-electron chi connectivity index (χ3n) is 5.30. The number of hydrogen-bond acceptors (Lipinski definition) is 7. The van der Waals surface area contributed by atoms with Crippen molar-refractivity contribution in [2.45, 2.75) is 26.4 Å². The highest BCUT2D eigenvalue weighted by molar-refractivity contribution is 6.29. The zero-order valence-corrected chi connectivity index (χ0v) is 18.3. The summed E-state index contributed by atoms with van der Waals surface area (Å²) < 4.78 is 6.11. The first kappa shape index (κ1) is 22.7. The van der Waals surface area contributed by atoms with E-state index in [9.17, 15) is 14.7 Å². The smallest absolute Gasteiger partial charge is 0.407 e. The van der Waals surface area contributed by atoms with Gasteiger partial charge in [0.25, 0.3) is 5.91 Å². The lowest BCUT2D eigenvalue weighted by Crippen LogP contribution is -2.62. The minimum atomic E-state index is -0.997. The van der Waals surface area contributed by atoms with Crippen molar-refractivity contribution >= 4 is 35.0 Å². The molecule has 2 amide bonds. The van der Waals surface area contributed by atoms with Gasteiger partial charge in [0.05, 0.1) is 18.8 Å². The van der Waals surface area contributed by atoms with Gasteiger partial charge in [-0.15, -0.1) is 10.2 Å². The van der Waals surface area contributed by atoms with Crippen molar-refractivity contribution in [3.63, 3.8) is 0 Å². The molecule has 2 aromatic heterocycles. The predicted octanol–water partition coefficient (Wildman–Crippen LogP) is 2.98. The largest absolute Gasteiger partial charge is 0.465 e. The molecule has 1 unspecified atom stereocenters. The quantitative estimate of drug-likeness (QED) is 0.636. The second kappa shape index (κ2) is 9.03. The number of carboxylic acid groups (broad SMARTS) is 1. The lowest BCUT2D eigenvalue weighted by atomic mass is 9.75. The minimum absolute atomic E-state index is 0.0520. The van der Waals surface area contributed by atoms with Crippen molar-refractivity contribution in [3.05, 3.63) is 41.4 Å². The maximum absolute atomic E-state index is 12.8. The SMILES string of the molecule is CC(C)(C)C1(CNc2cc(Cl)nnc2C(=O)Nc2ccncc2)CN(C(=O)O)CCO1. The first-order valence-electron chi connectivity index (χ1n) is 9.72. The Morgan fingerprint density at radius 1 is 1.29 bits per heavy atom. The molecule has 0 radical (unpaired) electrons. The molecule has 31 heavy (non-hydrogen) atoms. The number of nitrogens with zero attached hydrogens (tertiary/aromatic N) is 4. The summed E-state index contributed by atoms with van der Waals surface area (Å²) in [6.45, 7) is 6.94. The molecule has 0 aliphatic carbocycles. The molecule has 0 aromatic carbocycles. The number of pyridine rings is 1. The summed E-state index contributed by atoms with van der Waals surface area (Å²) in [7, 11) is 0. The Bertz CT molecular complexity index is 952. The topological polar surface area (TPSA) is 130 Å². The van der Waals surface area contributed by atoms with Crippen LogP contribution in [-0.4, -0.2) is 69.0 Å². The van der Waals surface area contributed by atoms with Gasteiger partial charge < -0.3 is 25.4 Å². The Morgan fingerprint density at radius 2 is 2.00 bits per heavy atom. The van der Waals surface area contributed by atoms with Crippen LogP contribution >= 0.6 is 11.6 Å². The highest BCUT2D eigenvalue weighted by Crippen LogP contribution is 2.37. The molecule has 1 aliphatic heterocycles. The molecular formula is C20H25ClN6O4. The van der Waals surface area contributed by atoms with E-state index in [-0.39, 0.29) is 30.5 Å². The second-order valence-electron chi connectivity index (χ2n) is 8.27. The Labute approximate surface area is 185 Å². The number of rotatable bonds is 5. The Morgan fingerprint density at radius 3 is 2.65 bits per heavy atom. The number of anilines is 2. The summed E-state index contributed by atoms with van der Waals surface area (Å²) in [5, 5.41) is 23.2. The van der Waals surface area contributed by atoms with Crippen LogP contribution in [0, 0.1) is 5.41 Å². The van der Waals surface area contributed by atoms with E-state index in [1.165, 1.54) is 11.0 Å². The van der Waals surface area contributed by atoms with Crippen LogP contribution in [0.3, 0.4) is 0 Å².